The number of para-hydroxylation sites is 1. The van der Waals surface area contributed by atoms with Crippen LogP contribution in [0.4, 0.5) is 5.69 Å². The number of rotatable bonds is 7. The number of hydrogen-bond donors (Lipinski definition) is 3. The highest BCUT2D eigenvalue weighted by Crippen LogP contribution is 2.27. The van der Waals surface area contributed by atoms with Crippen molar-refractivity contribution in [3.63, 3.8) is 0 Å². The summed E-state index contributed by atoms with van der Waals surface area (Å²) in [6.07, 6.45) is 4.43. The van der Waals surface area contributed by atoms with Gasteiger partial charge in [0, 0.05) is 37.3 Å². The van der Waals surface area contributed by atoms with Crippen LogP contribution in [0.5, 0.6) is 0 Å². The van der Waals surface area contributed by atoms with Gasteiger partial charge in [0.05, 0.1) is 0 Å². The summed E-state index contributed by atoms with van der Waals surface area (Å²) in [7, 11) is 0. The summed E-state index contributed by atoms with van der Waals surface area (Å²) in [6.45, 7) is 7.41. The lowest BCUT2D eigenvalue weighted by Gasteiger charge is -2.30. The summed E-state index contributed by atoms with van der Waals surface area (Å²) in [5, 5.41) is 16.7. The Morgan fingerprint density at radius 2 is 2.10 bits per heavy atom. The van der Waals surface area contributed by atoms with E-state index in [0.717, 1.165) is 32.5 Å². The molecule has 0 saturated carbocycles. The van der Waals surface area contributed by atoms with Gasteiger partial charge in [-0.3, -0.25) is 0 Å². The summed E-state index contributed by atoms with van der Waals surface area (Å²) < 4.78 is 0. The maximum absolute atomic E-state index is 9.61. The van der Waals surface area contributed by atoms with Gasteiger partial charge in [0.25, 0.3) is 0 Å². The Balaban J connectivity index is 1.98. The van der Waals surface area contributed by atoms with Crippen LogP contribution in [-0.2, 0) is 13.0 Å². The third-order valence-electron chi connectivity index (χ3n) is 4.81. The number of hydrogen-bond acceptors (Lipinski definition) is 3. The standard InChI is InChI=1S/C17H28N2O/c1-3-17(4-2,13-20)12-18-11-15-8-5-7-14-9-6-10-19-16(14)15/h5,7-8,18-20H,3-4,6,9-13H2,1-2H3. The van der Waals surface area contributed by atoms with Crippen LogP contribution in [0.2, 0.25) is 0 Å². The predicted molar refractivity (Wildman–Crippen MR) is 85.1 cm³/mol. The maximum Gasteiger partial charge on any atom is 0.0499 e. The number of nitrogens with one attached hydrogen (secondary N) is 2. The van der Waals surface area contributed by atoms with E-state index in [4.69, 9.17) is 0 Å². The van der Waals surface area contributed by atoms with Gasteiger partial charge in [0.1, 0.15) is 0 Å². The fourth-order valence-corrected chi connectivity index (χ4v) is 2.97. The molecule has 112 valence electrons. The Morgan fingerprint density at radius 3 is 2.80 bits per heavy atom. The van der Waals surface area contributed by atoms with E-state index in [-0.39, 0.29) is 12.0 Å². The molecule has 1 aliphatic heterocycles. The van der Waals surface area contributed by atoms with E-state index in [2.05, 4.69) is 42.7 Å². The van der Waals surface area contributed by atoms with Crippen molar-refractivity contribution >= 4 is 5.69 Å². The fourth-order valence-electron chi connectivity index (χ4n) is 2.97. The van der Waals surface area contributed by atoms with Gasteiger partial charge in [-0.25, -0.2) is 0 Å². The van der Waals surface area contributed by atoms with E-state index < -0.39 is 0 Å². The van der Waals surface area contributed by atoms with Crippen LogP contribution in [0.15, 0.2) is 18.2 Å². The third kappa shape index (κ3) is 3.33. The highest BCUT2D eigenvalue weighted by Gasteiger charge is 2.24. The zero-order valence-corrected chi connectivity index (χ0v) is 12.8. The molecular formula is C17H28N2O. The minimum atomic E-state index is 0.0300. The lowest BCUT2D eigenvalue weighted by Crippen LogP contribution is -2.36. The van der Waals surface area contributed by atoms with Gasteiger partial charge in [-0.05, 0) is 36.8 Å². The first-order valence-corrected chi connectivity index (χ1v) is 7.91. The van der Waals surface area contributed by atoms with E-state index in [9.17, 15) is 5.11 Å². The van der Waals surface area contributed by atoms with Gasteiger partial charge in [-0.2, -0.15) is 0 Å². The molecule has 0 unspecified atom stereocenters. The Morgan fingerprint density at radius 1 is 1.30 bits per heavy atom. The van der Waals surface area contributed by atoms with E-state index >= 15 is 0 Å². The molecule has 1 aromatic carbocycles. The Hall–Kier alpha value is -1.06. The van der Waals surface area contributed by atoms with Crippen LogP contribution >= 0.6 is 0 Å². The molecule has 3 N–H and O–H groups in total. The second-order valence-electron chi connectivity index (χ2n) is 5.95. The quantitative estimate of drug-likeness (QED) is 0.717. The number of fused-ring (bicyclic) bond motifs is 1. The summed E-state index contributed by atoms with van der Waals surface area (Å²) in [6, 6.07) is 6.57. The molecule has 0 radical (unpaired) electrons. The van der Waals surface area contributed by atoms with Crippen molar-refractivity contribution in [2.24, 2.45) is 5.41 Å². The second-order valence-corrected chi connectivity index (χ2v) is 5.95. The molecule has 0 amide bonds. The number of aliphatic hydroxyl groups excluding tert-OH is 1. The monoisotopic (exact) mass is 276 g/mol. The van der Waals surface area contributed by atoms with Gasteiger partial charge in [0.2, 0.25) is 0 Å². The largest absolute Gasteiger partial charge is 0.396 e. The molecule has 0 aromatic heterocycles. The highest BCUT2D eigenvalue weighted by molar-refractivity contribution is 5.59. The average Bonchev–Trinajstić information content (AvgIpc) is 2.52. The Labute approximate surface area is 122 Å². The molecule has 3 heteroatoms. The Bertz CT molecular complexity index is 419. The number of anilines is 1. The topological polar surface area (TPSA) is 44.3 Å². The van der Waals surface area contributed by atoms with Crippen molar-refractivity contribution in [2.75, 3.05) is 25.0 Å². The number of aryl methyl sites for hydroxylation is 1. The van der Waals surface area contributed by atoms with E-state index in [1.807, 2.05) is 0 Å². The summed E-state index contributed by atoms with van der Waals surface area (Å²) in [4.78, 5) is 0. The van der Waals surface area contributed by atoms with Gasteiger partial charge >= 0.3 is 0 Å². The number of benzene rings is 1. The molecule has 2 rings (SSSR count). The Kier molecular flexibility index (Phi) is 5.44. The van der Waals surface area contributed by atoms with Crippen molar-refractivity contribution < 1.29 is 5.11 Å². The highest BCUT2D eigenvalue weighted by atomic mass is 16.3. The van der Waals surface area contributed by atoms with Gasteiger partial charge < -0.3 is 15.7 Å². The van der Waals surface area contributed by atoms with Crippen LogP contribution in [0.1, 0.15) is 44.2 Å². The smallest absolute Gasteiger partial charge is 0.0499 e. The second kappa shape index (κ2) is 7.09. The van der Waals surface area contributed by atoms with Crippen LogP contribution in [0, 0.1) is 5.41 Å². The molecule has 0 atom stereocenters. The normalized spacial score (nSPS) is 14.8. The van der Waals surface area contributed by atoms with Crippen LogP contribution in [0.25, 0.3) is 0 Å². The first-order valence-electron chi connectivity index (χ1n) is 7.91. The van der Waals surface area contributed by atoms with Gasteiger partial charge in [-0.15, -0.1) is 0 Å². The molecule has 0 aliphatic carbocycles. The van der Waals surface area contributed by atoms with E-state index in [0.29, 0.717) is 0 Å². The van der Waals surface area contributed by atoms with Gasteiger partial charge in [0.15, 0.2) is 0 Å². The van der Waals surface area contributed by atoms with Crippen LogP contribution in [0.3, 0.4) is 0 Å². The van der Waals surface area contributed by atoms with Crippen molar-refractivity contribution in [1.82, 2.24) is 5.32 Å². The molecule has 1 aliphatic rings. The fraction of sp³-hybridized carbons (Fsp3) is 0.647. The van der Waals surface area contributed by atoms with Crippen LogP contribution in [-0.4, -0.2) is 24.8 Å². The predicted octanol–water partition coefficient (Wildman–Crippen LogP) is 2.93. The van der Waals surface area contributed by atoms with E-state index in [1.165, 1.54) is 29.7 Å². The first-order chi connectivity index (χ1) is 9.74. The van der Waals surface area contributed by atoms with E-state index in [1.54, 1.807) is 0 Å². The molecule has 3 nitrogen and oxygen atoms in total. The third-order valence-corrected chi connectivity index (χ3v) is 4.81. The SMILES string of the molecule is CCC(CC)(CO)CNCc1cccc2c1NCCC2. The molecule has 0 spiro atoms. The first kappa shape index (κ1) is 15.3. The molecule has 1 aromatic rings. The lowest BCUT2D eigenvalue weighted by atomic mass is 9.83. The minimum absolute atomic E-state index is 0.0300. The van der Waals surface area contributed by atoms with Crippen molar-refractivity contribution in [3.05, 3.63) is 29.3 Å². The summed E-state index contributed by atoms with van der Waals surface area (Å²) in [5.41, 5.74) is 4.15. The average molecular weight is 276 g/mol. The molecule has 0 fully saturated rings. The zero-order chi connectivity index (χ0) is 14.4. The van der Waals surface area contributed by atoms with Crippen molar-refractivity contribution in [3.8, 4) is 0 Å². The molecule has 0 saturated heterocycles. The van der Waals surface area contributed by atoms with Crippen molar-refractivity contribution in [2.45, 2.75) is 46.1 Å². The maximum atomic E-state index is 9.61. The van der Waals surface area contributed by atoms with Crippen molar-refractivity contribution in [1.29, 1.82) is 0 Å². The summed E-state index contributed by atoms with van der Waals surface area (Å²) in [5.74, 6) is 0. The zero-order valence-electron chi connectivity index (χ0n) is 12.8. The molecular weight excluding hydrogens is 248 g/mol. The summed E-state index contributed by atoms with van der Waals surface area (Å²) >= 11 is 0. The van der Waals surface area contributed by atoms with Gasteiger partial charge in [-0.1, -0.05) is 32.0 Å². The molecule has 20 heavy (non-hydrogen) atoms. The number of aliphatic hydroxyl groups is 1. The molecule has 1 heterocycles. The molecule has 0 bridgehead atoms. The minimum Gasteiger partial charge on any atom is -0.396 e. The van der Waals surface area contributed by atoms with Crippen LogP contribution < -0.4 is 10.6 Å². The lowest BCUT2D eigenvalue weighted by molar-refractivity contribution is 0.113.